The Labute approximate surface area is 140 Å². The van der Waals surface area contributed by atoms with E-state index in [0.29, 0.717) is 6.07 Å². The molecule has 0 aliphatic heterocycles. The van der Waals surface area contributed by atoms with E-state index in [2.05, 4.69) is 5.32 Å². The van der Waals surface area contributed by atoms with Crippen LogP contribution in [0.25, 0.3) is 0 Å². The normalized spacial score (nSPS) is 9.96. The van der Waals surface area contributed by atoms with Gasteiger partial charge in [-0.25, -0.2) is 0 Å². The lowest BCUT2D eigenvalue weighted by atomic mass is 10.2. The van der Waals surface area contributed by atoms with E-state index in [1.807, 2.05) is 0 Å². The molecule has 0 aliphatic rings. The van der Waals surface area contributed by atoms with E-state index in [1.54, 1.807) is 18.2 Å². The highest BCUT2D eigenvalue weighted by molar-refractivity contribution is 6.05. The zero-order chi connectivity index (χ0) is 18.6. The Morgan fingerprint density at radius 2 is 1.68 bits per heavy atom. The number of non-ortho nitro benzene ring substituents is 1. The summed E-state index contributed by atoms with van der Waals surface area (Å²) in [6.45, 7) is 1.01. The molecule has 0 spiro atoms. The van der Waals surface area contributed by atoms with Crippen molar-refractivity contribution in [1.29, 1.82) is 0 Å². The first-order valence-electron chi connectivity index (χ1n) is 6.81. The lowest BCUT2D eigenvalue weighted by Gasteiger charge is -2.11. The van der Waals surface area contributed by atoms with Crippen LogP contribution in [0.4, 0.5) is 17.1 Å². The molecule has 0 saturated carbocycles. The molecule has 1 N–H and O–H groups in total. The second-order valence-corrected chi connectivity index (χ2v) is 4.77. The zero-order valence-electron chi connectivity index (χ0n) is 12.8. The highest BCUT2D eigenvalue weighted by Gasteiger charge is 2.28. The minimum atomic E-state index is -0.941. The average molecular weight is 345 g/mol. The van der Waals surface area contributed by atoms with Gasteiger partial charge in [0.25, 0.3) is 11.6 Å². The van der Waals surface area contributed by atoms with Gasteiger partial charge in [-0.15, -0.1) is 0 Å². The molecule has 2 aromatic rings. The van der Waals surface area contributed by atoms with Gasteiger partial charge in [0.15, 0.2) is 0 Å². The van der Waals surface area contributed by atoms with Crippen LogP contribution in [0.1, 0.15) is 17.3 Å². The number of nitro groups is 2. The highest BCUT2D eigenvalue weighted by Crippen LogP contribution is 2.39. The van der Waals surface area contributed by atoms with E-state index >= 15 is 0 Å². The summed E-state index contributed by atoms with van der Waals surface area (Å²) < 4.78 is 4.79. The summed E-state index contributed by atoms with van der Waals surface area (Å²) >= 11 is 0. The lowest BCUT2D eigenvalue weighted by Crippen LogP contribution is -2.15. The summed E-state index contributed by atoms with van der Waals surface area (Å²) in [4.78, 5) is 43.8. The fourth-order valence-electron chi connectivity index (χ4n) is 1.97. The summed E-state index contributed by atoms with van der Waals surface area (Å²) in [7, 11) is 0. The number of amides is 1. The Bertz CT molecular complexity index is 865. The second-order valence-electron chi connectivity index (χ2n) is 4.77. The fraction of sp³-hybridized carbons (Fsp3) is 0.0667. The van der Waals surface area contributed by atoms with Gasteiger partial charge in [-0.2, -0.15) is 0 Å². The molecule has 1 amide bonds. The number of nitrogens with zero attached hydrogens (tertiary/aromatic N) is 2. The molecule has 0 atom stereocenters. The molecule has 0 bridgehead atoms. The number of ether oxygens (including phenoxy) is 1. The molecule has 25 heavy (non-hydrogen) atoms. The Kier molecular flexibility index (Phi) is 5.03. The predicted molar refractivity (Wildman–Crippen MR) is 85.5 cm³/mol. The van der Waals surface area contributed by atoms with Crippen LogP contribution in [0, 0.1) is 20.2 Å². The van der Waals surface area contributed by atoms with Crippen molar-refractivity contribution in [2.75, 3.05) is 5.32 Å². The summed E-state index contributed by atoms with van der Waals surface area (Å²) in [6.07, 6.45) is 0. The topological polar surface area (TPSA) is 142 Å². The third kappa shape index (κ3) is 4.13. The molecule has 0 heterocycles. The number of carbonyl (C=O) groups excluding carboxylic acids is 2. The van der Waals surface area contributed by atoms with Gasteiger partial charge in [0, 0.05) is 18.6 Å². The van der Waals surface area contributed by atoms with E-state index in [-0.39, 0.29) is 11.3 Å². The Hall–Kier alpha value is -3.82. The van der Waals surface area contributed by atoms with Gasteiger partial charge in [0.2, 0.25) is 5.75 Å². The molecule has 0 aromatic heterocycles. The smallest absolute Gasteiger partial charge is 0.320 e. The van der Waals surface area contributed by atoms with Crippen LogP contribution >= 0.6 is 0 Å². The number of hydrogen-bond donors (Lipinski definition) is 1. The van der Waals surface area contributed by atoms with Crippen LogP contribution < -0.4 is 10.1 Å². The van der Waals surface area contributed by atoms with Gasteiger partial charge < -0.3 is 10.1 Å². The maximum atomic E-state index is 12.2. The lowest BCUT2D eigenvalue weighted by molar-refractivity contribution is -0.394. The van der Waals surface area contributed by atoms with E-state index in [4.69, 9.17) is 4.74 Å². The van der Waals surface area contributed by atoms with E-state index in [9.17, 15) is 29.8 Å². The van der Waals surface area contributed by atoms with E-state index in [0.717, 1.165) is 13.0 Å². The molecule has 10 heteroatoms. The van der Waals surface area contributed by atoms with Crippen molar-refractivity contribution < 1.29 is 24.2 Å². The number of esters is 1. The van der Waals surface area contributed by atoms with Crippen LogP contribution in [-0.4, -0.2) is 21.7 Å². The van der Waals surface area contributed by atoms with Gasteiger partial charge >= 0.3 is 11.7 Å². The van der Waals surface area contributed by atoms with Crippen LogP contribution in [0.15, 0.2) is 42.5 Å². The number of anilines is 1. The molecular formula is C15H11N3O7. The minimum absolute atomic E-state index is 0.213. The number of nitro benzene ring substituents is 2. The van der Waals surface area contributed by atoms with Crippen molar-refractivity contribution in [2.24, 2.45) is 0 Å². The van der Waals surface area contributed by atoms with Crippen LogP contribution in [0.3, 0.4) is 0 Å². The number of benzene rings is 2. The first kappa shape index (κ1) is 17.5. The second kappa shape index (κ2) is 7.17. The molecule has 0 aliphatic carbocycles. The number of carbonyl (C=O) groups is 2. The monoisotopic (exact) mass is 345 g/mol. The van der Waals surface area contributed by atoms with Gasteiger partial charge in [-0.1, -0.05) is 18.2 Å². The van der Waals surface area contributed by atoms with Crippen LogP contribution in [-0.2, 0) is 4.79 Å². The molecule has 0 saturated heterocycles. The van der Waals surface area contributed by atoms with Crippen molar-refractivity contribution in [3.05, 3.63) is 68.3 Å². The van der Waals surface area contributed by atoms with Gasteiger partial charge in [-0.05, 0) is 12.1 Å². The first-order valence-corrected chi connectivity index (χ1v) is 6.81. The first-order chi connectivity index (χ1) is 11.8. The number of rotatable bonds is 5. The fourth-order valence-corrected chi connectivity index (χ4v) is 1.97. The third-order valence-corrected chi connectivity index (χ3v) is 2.99. The zero-order valence-corrected chi connectivity index (χ0v) is 12.8. The molecular weight excluding hydrogens is 334 g/mol. The summed E-state index contributed by atoms with van der Waals surface area (Å²) in [5.41, 5.74) is -1.59. The molecule has 0 radical (unpaired) electrons. The van der Waals surface area contributed by atoms with Gasteiger partial charge in [0.05, 0.1) is 21.6 Å². The standard InChI is InChI=1S/C15H11N3O7/c1-9(19)25-14-12(16-15(20)10-5-3-2-4-6-10)7-11(17(21)22)8-13(14)18(23)24/h2-8H,1H3,(H,16,20). The predicted octanol–water partition coefficient (Wildman–Crippen LogP) is 2.68. The molecule has 2 aromatic carbocycles. The molecule has 0 unspecified atom stereocenters. The van der Waals surface area contributed by atoms with Crippen molar-refractivity contribution in [3.8, 4) is 5.75 Å². The Morgan fingerprint density at radius 3 is 2.20 bits per heavy atom. The molecule has 0 fully saturated rings. The molecule has 10 nitrogen and oxygen atoms in total. The van der Waals surface area contributed by atoms with Gasteiger partial charge in [-0.3, -0.25) is 29.8 Å². The van der Waals surface area contributed by atoms with Crippen LogP contribution in [0.5, 0.6) is 5.75 Å². The largest absolute Gasteiger partial charge is 0.417 e. The third-order valence-electron chi connectivity index (χ3n) is 2.99. The summed E-state index contributed by atoms with van der Waals surface area (Å²) in [5, 5.41) is 24.4. The van der Waals surface area contributed by atoms with E-state index < -0.39 is 38.8 Å². The van der Waals surface area contributed by atoms with Crippen molar-refractivity contribution >= 4 is 28.9 Å². The Balaban J connectivity index is 2.56. The summed E-state index contributed by atoms with van der Waals surface area (Å²) in [5.74, 6) is -2.14. The highest BCUT2D eigenvalue weighted by atomic mass is 16.6. The average Bonchev–Trinajstić information content (AvgIpc) is 2.56. The van der Waals surface area contributed by atoms with Crippen molar-refractivity contribution in [1.82, 2.24) is 0 Å². The Morgan fingerprint density at radius 1 is 1.04 bits per heavy atom. The van der Waals surface area contributed by atoms with Crippen molar-refractivity contribution in [2.45, 2.75) is 6.92 Å². The van der Waals surface area contributed by atoms with Crippen molar-refractivity contribution in [3.63, 3.8) is 0 Å². The molecule has 2 rings (SSSR count). The number of hydrogen-bond acceptors (Lipinski definition) is 7. The van der Waals surface area contributed by atoms with Gasteiger partial charge in [0.1, 0.15) is 0 Å². The maximum absolute atomic E-state index is 12.2. The number of nitrogens with one attached hydrogen (secondary N) is 1. The summed E-state index contributed by atoms with van der Waals surface area (Å²) in [6, 6.07) is 9.36. The molecule has 128 valence electrons. The SMILES string of the molecule is CC(=O)Oc1c(NC(=O)c2ccccc2)cc([N+](=O)[O-])cc1[N+](=O)[O-]. The van der Waals surface area contributed by atoms with E-state index in [1.165, 1.54) is 12.1 Å². The quantitative estimate of drug-likeness (QED) is 0.380. The van der Waals surface area contributed by atoms with Crippen LogP contribution in [0.2, 0.25) is 0 Å². The maximum Gasteiger partial charge on any atom is 0.320 e. The minimum Gasteiger partial charge on any atom is -0.417 e.